The van der Waals surface area contributed by atoms with Gasteiger partial charge in [0, 0.05) is 17.5 Å². The molecule has 112 valence electrons. The fraction of sp³-hybridized carbons (Fsp3) is 0.188. The van der Waals surface area contributed by atoms with Crippen molar-refractivity contribution in [2.24, 2.45) is 0 Å². The average Bonchev–Trinajstić information content (AvgIpc) is 2.88. The number of aromatic nitrogens is 3. The Hall–Kier alpha value is -2.76. The number of carbonyl (C=O) groups is 1. The van der Waals surface area contributed by atoms with Crippen LogP contribution in [0.2, 0.25) is 0 Å². The molecule has 0 atom stereocenters. The summed E-state index contributed by atoms with van der Waals surface area (Å²) in [4.78, 5) is 16.5. The van der Waals surface area contributed by atoms with Crippen molar-refractivity contribution in [3.63, 3.8) is 0 Å². The van der Waals surface area contributed by atoms with Gasteiger partial charge in [0.15, 0.2) is 5.65 Å². The quantitative estimate of drug-likeness (QED) is 0.698. The molecule has 0 bridgehead atoms. The second-order valence-electron chi connectivity index (χ2n) is 4.75. The van der Waals surface area contributed by atoms with E-state index in [1.54, 1.807) is 37.4 Å². The molecule has 0 aliphatic carbocycles. The van der Waals surface area contributed by atoms with Crippen molar-refractivity contribution in [2.45, 2.75) is 13.8 Å². The van der Waals surface area contributed by atoms with E-state index in [2.05, 4.69) is 10.1 Å². The zero-order valence-corrected chi connectivity index (χ0v) is 12.2. The fourth-order valence-corrected chi connectivity index (χ4v) is 2.29. The zero-order valence-electron chi connectivity index (χ0n) is 12.2. The zero-order chi connectivity index (χ0) is 15.7. The number of hydrogen-bond donors (Lipinski definition) is 0. The number of hydrogen-bond acceptors (Lipinski definition) is 4. The fourth-order valence-electron chi connectivity index (χ4n) is 2.29. The number of halogens is 1. The summed E-state index contributed by atoms with van der Waals surface area (Å²) in [5, 5.41) is 4.36. The van der Waals surface area contributed by atoms with Gasteiger partial charge in [-0.2, -0.15) is 5.10 Å². The lowest BCUT2D eigenvalue weighted by molar-refractivity contribution is 0.0529. The standard InChI is InChI=1S/C16H14FN3O2/c1-3-22-16(21)13-14(11-6-4-5-7-12(11)17)19-20-10(2)8-9-18-15(13)20/h4-9H,3H2,1-2H3. The lowest BCUT2D eigenvalue weighted by atomic mass is 10.1. The Morgan fingerprint density at radius 2 is 2.09 bits per heavy atom. The predicted octanol–water partition coefficient (Wildman–Crippen LogP) is 3.02. The minimum atomic E-state index is -0.561. The molecule has 0 saturated carbocycles. The lowest BCUT2D eigenvalue weighted by Crippen LogP contribution is -2.07. The first-order valence-electron chi connectivity index (χ1n) is 6.89. The van der Waals surface area contributed by atoms with Crippen molar-refractivity contribution in [3.8, 4) is 11.3 Å². The molecule has 0 fully saturated rings. The van der Waals surface area contributed by atoms with Crippen molar-refractivity contribution in [3.05, 3.63) is 53.6 Å². The predicted molar refractivity (Wildman–Crippen MR) is 79.1 cm³/mol. The van der Waals surface area contributed by atoms with Crippen LogP contribution >= 0.6 is 0 Å². The maximum absolute atomic E-state index is 14.1. The number of benzene rings is 1. The summed E-state index contributed by atoms with van der Waals surface area (Å²) in [5.74, 6) is -1.01. The highest BCUT2D eigenvalue weighted by atomic mass is 19.1. The number of nitrogens with zero attached hydrogens (tertiary/aromatic N) is 3. The summed E-state index contributed by atoms with van der Waals surface area (Å²) in [6.07, 6.45) is 1.58. The summed E-state index contributed by atoms with van der Waals surface area (Å²) in [6.45, 7) is 3.77. The van der Waals surface area contributed by atoms with Gasteiger partial charge in [-0.1, -0.05) is 12.1 Å². The molecule has 22 heavy (non-hydrogen) atoms. The van der Waals surface area contributed by atoms with Gasteiger partial charge in [-0.15, -0.1) is 0 Å². The van der Waals surface area contributed by atoms with Crippen molar-refractivity contribution in [2.75, 3.05) is 6.61 Å². The summed E-state index contributed by atoms with van der Waals surface area (Å²) >= 11 is 0. The minimum absolute atomic E-state index is 0.177. The molecule has 0 amide bonds. The third-order valence-corrected chi connectivity index (χ3v) is 3.32. The Labute approximate surface area is 126 Å². The van der Waals surface area contributed by atoms with Crippen LogP contribution in [0.5, 0.6) is 0 Å². The molecule has 0 saturated heterocycles. The van der Waals surface area contributed by atoms with E-state index in [1.165, 1.54) is 10.6 Å². The van der Waals surface area contributed by atoms with E-state index in [0.717, 1.165) is 5.69 Å². The number of carbonyl (C=O) groups excluding carboxylic acids is 1. The van der Waals surface area contributed by atoms with Crippen LogP contribution in [0, 0.1) is 12.7 Å². The van der Waals surface area contributed by atoms with Crippen LogP contribution in [-0.2, 0) is 4.74 Å². The van der Waals surface area contributed by atoms with E-state index < -0.39 is 11.8 Å². The molecule has 0 aliphatic rings. The summed E-state index contributed by atoms with van der Waals surface area (Å²) in [5.41, 5.74) is 1.80. The highest BCUT2D eigenvalue weighted by molar-refractivity contribution is 6.02. The topological polar surface area (TPSA) is 56.5 Å². The maximum atomic E-state index is 14.1. The molecule has 0 unspecified atom stereocenters. The normalized spacial score (nSPS) is 10.9. The number of fused-ring (bicyclic) bond motifs is 1. The second-order valence-corrected chi connectivity index (χ2v) is 4.75. The average molecular weight is 299 g/mol. The van der Waals surface area contributed by atoms with Gasteiger partial charge in [0.1, 0.15) is 17.1 Å². The molecule has 2 heterocycles. The Morgan fingerprint density at radius 1 is 1.32 bits per heavy atom. The van der Waals surface area contributed by atoms with Crippen molar-refractivity contribution in [1.29, 1.82) is 0 Å². The smallest absolute Gasteiger partial charge is 0.344 e. The molecule has 5 nitrogen and oxygen atoms in total. The van der Waals surface area contributed by atoms with Crippen LogP contribution in [0.3, 0.4) is 0 Å². The highest BCUT2D eigenvalue weighted by Gasteiger charge is 2.25. The molecule has 0 radical (unpaired) electrons. The molecule has 1 aromatic carbocycles. The monoisotopic (exact) mass is 299 g/mol. The van der Waals surface area contributed by atoms with Crippen molar-refractivity contribution < 1.29 is 13.9 Å². The molecule has 3 rings (SSSR count). The molecule has 0 N–H and O–H groups in total. The first kappa shape index (κ1) is 14.2. The van der Waals surface area contributed by atoms with Crippen LogP contribution in [0.4, 0.5) is 4.39 Å². The van der Waals surface area contributed by atoms with E-state index in [0.29, 0.717) is 5.65 Å². The Kier molecular flexibility index (Phi) is 3.58. The highest BCUT2D eigenvalue weighted by Crippen LogP contribution is 2.28. The maximum Gasteiger partial charge on any atom is 0.344 e. The van der Waals surface area contributed by atoms with Gasteiger partial charge in [-0.25, -0.2) is 18.7 Å². The SMILES string of the molecule is CCOC(=O)c1c(-c2ccccc2F)nn2c(C)ccnc12. The molecule has 3 aromatic rings. The minimum Gasteiger partial charge on any atom is -0.462 e. The van der Waals surface area contributed by atoms with E-state index in [-0.39, 0.29) is 23.4 Å². The number of ether oxygens (including phenoxy) is 1. The Balaban J connectivity index is 2.34. The third kappa shape index (κ3) is 2.22. The van der Waals surface area contributed by atoms with Crippen LogP contribution < -0.4 is 0 Å². The molecule has 0 spiro atoms. The van der Waals surface area contributed by atoms with E-state index in [1.807, 2.05) is 6.92 Å². The van der Waals surface area contributed by atoms with Crippen LogP contribution in [0.1, 0.15) is 23.0 Å². The van der Waals surface area contributed by atoms with E-state index >= 15 is 0 Å². The van der Waals surface area contributed by atoms with Gasteiger partial charge in [0.2, 0.25) is 0 Å². The summed E-state index contributed by atoms with van der Waals surface area (Å²) in [7, 11) is 0. The summed E-state index contributed by atoms with van der Waals surface area (Å²) in [6, 6.07) is 7.95. The molecular formula is C16H14FN3O2. The van der Waals surface area contributed by atoms with Crippen LogP contribution in [-0.4, -0.2) is 27.2 Å². The second kappa shape index (κ2) is 5.55. The third-order valence-electron chi connectivity index (χ3n) is 3.32. The molecule has 0 aliphatic heterocycles. The number of aryl methyl sites for hydroxylation is 1. The molecule has 6 heteroatoms. The van der Waals surface area contributed by atoms with Crippen molar-refractivity contribution >= 4 is 11.6 Å². The van der Waals surface area contributed by atoms with Gasteiger partial charge < -0.3 is 4.74 Å². The van der Waals surface area contributed by atoms with Gasteiger partial charge >= 0.3 is 5.97 Å². The van der Waals surface area contributed by atoms with Gasteiger partial charge in [-0.05, 0) is 32.0 Å². The molecule has 2 aromatic heterocycles. The first-order valence-corrected chi connectivity index (χ1v) is 6.89. The number of esters is 1. The van der Waals surface area contributed by atoms with Gasteiger partial charge in [-0.3, -0.25) is 0 Å². The summed E-state index contributed by atoms with van der Waals surface area (Å²) < 4.78 is 20.7. The number of rotatable bonds is 3. The van der Waals surface area contributed by atoms with Crippen molar-refractivity contribution in [1.82, 2.24) is 14.6 Å². The van der Waals surface area contributed by atoms with E-state index in [9.17, 15) is 9.18 Å². The molecular weight excluding hydrogens is 285 g/mol. The van der Waals surface area contributed by atoms with E-state index in [4.69, 9.17) is 4.74 Å². The van der Waals surface area contributed by atoms with Gasteiger partial charge in [0.25, 0.3) is 0 Å². The Bertz CT molecular complexity index is 858. The van der Waals surface area contributed by atoms with Crippen LogP contribution in [0.25, 0.3) is 16.9 Å². The van der Waals surface area contributed by atoms with Gasteiger partial charge in [0.05, 0.1) is 6.61 Å². The largest absolute Gasteiger partial charge is 0.462 e. The first-order chi connectivity index (χ1) is 10.6. The van der Waals surface area contributed by atoms with Crippen LogP contribution in [0.15, 0.2) is 36.5 Å². The Morgan fingerprint density at radius 3 is 2.82 bits per heavy atom. The lowest BCUT2D eigenvalue weighted by Gasteiger charge is -2.03.